The minimum Gasteiger partial charge on any atom is -0.504 e. The van der Waals surface area contributed by atoms with Crippen molar-refractivity contribution < 1.29 is 14.6 Å². The highest BCUT2D eigenvalue weighted by Crippen LogP contribution is 2.21. The zero-order valence-electron chi connectivity index (χ0n) is 13.6. The van der Waals surface area contributed by atoms with Gasteiger partial charge in [-0.15, -0.1) is 0 Å². The van der Waals surface area contributed by atoms with E-state index in [0.717, 1.165) is 18.9 Å². The molecule has 0 aliphatic carbocycles. The van der Waals surface area contributed by atoms with Crippen LogP contribution in [0.15, 0.2) is 36.7 Å². The van der Waals surface area contributed by atoms with Crippen molar-refractivity contribution in [3.63, 3.8) is 0 Å². The lowest BCUT2D eigenvalue weighted by atomic mass is 10.2. The van der Waals surface area contributed by atoms with Crippen LogP contribution < -0.4 is 10.2 Å². The minimum absolute atomic E-state index is 0.0771. The Bertz CT molecular complexity index is 710. The highest BCUT2D eigenvalue weighted by atomic mass is 16.5. The second-order valence-electron chi connectivity index (χ2n) is 5.89. The maximum absolute atomic E-state index is 12.2. The van der Waals surface area contributed by atoms with Crippen LogP contribution in [0.2, 0.25) is 0 Å². The number of morpholine rings is 1. The van der Waals surface area contributed by atoms with Crippen LogP contribution >= 0.6 is 0 Å². The first-order valence-electron chi connectivity index (χ1n) is 7.84. The van der Waals surface area contributed by atoms with Crippen LogP contribution in [-0.2, 0) is 4.74 Å². The Morgan fingerprint density at radius 1 is 1.25 bits per heavy atom. The van der Waals surface area contributed by atoms with Crippen molar-refractivity contribution in [2.24, 2.45) is 0 Å². The Kier molecular flexibility index (Phi) is 4.61. The largest absolute Gasteiger partial charge is 0.504 e. The fourth-order valence-electron chi connectivity index (χ4n) is 2.75. The number of carbonyl (C=O) groups excluding carboxylic acids is 1. The number of rotatable bonds is 3. The van der Waals surface area contributed by atoms with Crippen molar-refractivity contribution in [2.75, 3.05) is 23.3 Å². The van der Waals surface area contributed by atoms with Crippen LogP contribution in [0.5, 0.6) is 5.75 Å². The predicted octanol–water partition coefficient (Wildman–Crippen LogP) is 2.05. The molecule has 0 saturated carbocycles. The molecule has 0 unspecified atom stereocenters. The van der Waals surface area contributed by atoms with Gasteiger partial charge in [-0.3, -0.25) is 4.79 Å². The molecule has 2 atom stereocenters. The third-order valence-electron chi connectivity index (χ3n) is 3.77. The maximum Gasteiger partial charge on any atom is 0.258 e. The normalized spacial score (nSPS) is 20.7. The molecule has 1 aliphatic heterocycles. The van der Waals surface area contributed by atoms with Crippen LogP contribution in [0.4, 0.5) is 11.6 Å². The average molecular weight is 328 g/mol. The zero-order chi connectivity index (χ0) is 17.1. The third kappa shape index (κ3) is 3.62. The van der Waals surface area contributed by atoms with Crippen molar-refractivity contribution in [1.29, 1.82) is 0 Å². The second-order valence-corrected chi connectivity index (χ2v) is 5.89. The van der Waals surface area contributed by atoms with E-state index in [4.69, 9.17) is 4.74 Å². The van der Waals surface area contributed by atoms with Crippen molar-refractivity contribution in [1.82, 2.24) is 9.97 Å². The van der Waals surface area contributed by atoms with Gasteiger partial charge in [-0.25, -0.2) is 9.97 Å². The van der Waals surface area contributed by atoms with Gasteiger partial charge in [0.25, 0.3) is 5.91 Å². The third-order valence-corrected chi connectivity index (χ3v) is 3.77. The summed E-state index contributed by atoms with van der Waals surface area (Å²) in [6.45, 7) is 5.60. The number of pyridine rings is 2. The molecule has 1 fully saturated rings. The van der Waals surface area contributed by atoms with E-state index in [1.807, 2.05) is 19.9 Å². The van der Waals surface area contributed by atoms with Crippen LogP contribution in [0.1, 0.15) is 24.2 Å². The SMILES string of the molecule is C[C@@H]1CN(c2ccc(C(=O)Nc3ncccc3O)cn2)C[C@@H](C)O1. The first-order chi connectivity index (χ1) is 11.5. The number of aromatic hydroxyl groups is 1. The van der Waals surface area contributed by atoms with Crippen LogP contribution in [0.3, 0.4) is 0 Å². The summed E-state index contributed by atoms with van der Waals surface area (Å²) in [5.41, 5.74) is 0.401. The van der Waals surface area contributed by atoms with Crippen molar-refractivity contribution in [2.45, 2.75) is 26.1 Å². The first-order valence-corrected chi connectivity index (χ1v) is 7.84. The molecule has 0 spiro atoms. The molecule has 126 valence electrons. The Labute approximate surface area is 140 Å². The molecule has 7 nitrogen and oxygen atoms in total. The van der Waals surface area contributed by atoms with Crippen molar-refractivity contribution in [3.8, 4) is 5.75 Å². The van der Waals surface area contributed by atoms with Crippen molar-refractivity contribution in [3.05, 3.63) is 42.2 Å². The lowest BCUT2D eigenvalue weighted by Gasteiger charge is -2.36. The van der Waals surface area contributed by atoms with Crippen molar-refractivity contribution >= 4 is 17.5 Å². The predicted molar refractivity (Wildman–Crippen MR) is 90.3 cm³/mol. The molecule has 3 heterocycles. The number of ether oxygens (including phenoxy) is 1. The van der Waals surface area contributed by atoms with Gasteiger partial charge in [0.1, 0.15) is 5.82 Å². The van der Waals surface area contributed by atoms with Crippen LogP contribution in [-0.4, -0.2) is 46.3 Å². The number of hydrogen-bond acceptors (Lipinski definition) is 6. The van der Waals surface area contributed by atoms with Crippen LogP contribution in [0, 0.1) is 0 Å². The van der Waals surface area contributed by atoms with Gasteiger partial charge in [0.15, 0.2) is 11.6 Å². The summed E-state index contributed by atoms with van der Waals surface area (Å²) < 4.78 is 5.71. The highest BCUT2D eigenvalue weighted by Gasteiger charge is 2.23. The number of aromatic nitrogens is 2. The molecule has 1 amide bonds. The Morgan fingerprint density at radius 2 is 2.00 bits per heavy atom. The monoisotopic (exact) mass is 328 g/mol. The zero-order valence-corrected chi connectivity index (χ0v) is 13.6. The molecule has 7 heteroatoms. The molecular weight excluding hydrogens is 308 g/mol. The molecule has 0 radical (unpaired) electrons. The smallest absolute Gasteiger partial charge is 0.258 e. The van der Waals surface area contributed by atoms with Gasteiger partial charge in [0, 0.05) is 25.5 Å². The minimum atomic E-state index is -0.369. The lowest BCUT2D eigenvalue weighted by Crippen LogP contribution is -2.45. The molecule has 24 heavy (non-hydrogen) atoms. The van der Waals surface area contributed by atoms with E-state index in [1.54, 1.807) is 12.1 Å². The van der Waals surface area contributed by atoms with Gasteiger partial charge >= 0.3 is 0 Å². The number of nitrogens with one attached hydrogen (secondary N) is 1. The number of anilines is 2. The average Bonchev–Trinajstić information content (AvgIpc) is 2.56. The van der Waals surface area contributed by atoms with E-state index < -0.39 is 0 Å². The maximum atomic E-state index is 12.2. The number of amides is 1. The fourth-order valence-corrected chi connectivity index (χ4v) is 2.75. The molecule has 1 aliphatic rings. The van der Waals surface area contributed by atoms with E-state index in [0.29, 0.717) is 5.56 Å². The topological polar surface area (TPSA) is 87.6 Å². The summed E-state index contributed by atoms with van der Waals surface area (Å²) in [5.74, 6) is 0.495. The molecular formula is C17H20N4O3. The molecule has 0 bridgehead atoms. The van der Waals surface area contributed by atoms with Gasteiger partial charge in [0.2, 0.25) is 0 Å². The van der Waals surface area contributed by atoms with Gasteiger partial charge in [-0.2, -0.15) is 0 Å². The molecule has 3 rings (SSSR count). The summed E-state index contributed by atoms with van der Waals surface area (Å²) in [5, 5.41) is 12.2. The van der Waals surface area contributed by atoms with Gasteiger partial charge < -0.3 is 20.1 Å². The van der Waals surface area contributed by atoms with Gasteiger partial charge in [-0.1, -0.05) is 0 Å². The number of carbonyl (C=O) groups is 1. The van der Waals surface area contributed by atoms with Crippen LogP contribution in [0.25, 0.3) is 0 Å². The highest BCUT2D eigenvalue weighted by molar-refractivity contribution is 6.04. The summed E-state index contributed by atoms with van der Waals surface area (Å²) in [4.78, 5) is 22.7. The molecule has 2 aromatic rings. The standard InChI is InChI=1S/C17H20N4O3/c1-11-9-21(10-12(2)24-11)15-6-5-13(8-19-15)17(23)20-16-14(22)4-3-7-18-16/h3-8,11-12,22H,9-10H2,1-2H3,(H,18,20,23)/t11-,12-/m1/s1. The Morgan fingerprint density at radius 3 is 2.62 bits per heavy atom. The molecule has 2 N–H and O–H groups in total. The number of hydrogen-bond donors (Lipinski definition) is 2. The Hall–Kier alpha value is -2.67. The fraction of sp³-hybridized carbons (Fsp3) is 0.353. The van der Waals surface area contributed by atoms with E-state index in [9.17, 15) is 9.90 Å². The van der Waals surface area contributed by atoms with Gasteiger partial charge in [0.05, 0.1) is 17.8 Å². The van der Waals surface area contributed by atoms with E-state index in [1.165, 1.54) is 18.5 Å². The lowest BCUT2D eigenvalue weighted by molar-refractivity contribution is -0.00546. The summed E-state index contributed by atoms with van der Waals surface area (Å²) >= 11 is 0. The second kappa shape index (κ2) is 6.84. The van der Waals surface area contributed by atoms with E-state index in [2.05, 4.69) is 20.2 Å². The van der Waals surface area contributed by atoms with E-state index >= 15 is 0 Å². The first kappa shape index (κ1) is 16.2. The quantitative estimate of drug-likeness (QED) is 0.896. The molecule has 2 aromatic heterocycles. The summed E-state index contributed by atoms with van der Waals surface area (Å²) in [6.07, 6.45) is 3.31. The number of nitrogens with zero attached hydrogens (tertiary/aromatic N) is 3. The van der Waals surface area contributed by atoms with E-state index in [-0.39, 0.29) is 29.7 Å². The summed E-state index contributed by atoms with van der Waals surface area (Å²) in [6, 6.07) is 6.58. The Balaban J connectivity index is 1.70. The molecule has 0 aromatic carbocycles. The summed E-state index contributed by atoms with van der Waals surface area (Å²) in [7, 11) is 0. The molecule has 1 saturated heterocycles. The van der Waals surface area contributed by atoms with Gasteiger partial charge in [-0.05, 0) is 38.1 Å².